The highest BCUT2D eigenvalue weighted by Gasteiger charge is 2.34. The first-order valence-electron chi connectivity index (χ1n) is 13.8. The molecule has 188 valence electrons. The Labute approximate surface area is 236 Å². The third kappa shape index (κ3) is 2.98. The maximum atomic E-state index is 2.52. The van der Waals surface area contributed by atoms with E-state index in [0.29, 0.717) is 0 Å². The fourth-order valence-corrected chi connectivity index (χ4v) is 7.92. The minimum Gasteiger partial charge on any atom is -0.306 e. The average Bonchev–Trinajstić information content (AvgIpc) is 3.40. The van der Waals surface area contributed by atoms with Crippen molar-refractivity contribution in [3.8, 4) is 0 Å². The largest absolute Gasteiger partial charge is 0.306 e. The number of hydrogen-bond donors (Lipinski definition) is 0. The molecule has 6 aromatic carbocycles. The van der Waals surface area contributed by atoms with Crippen LogP contribution in [0.15, 0.2) is 127 Å². The molecule has 9 rings (SSSR count). The molecule has 2 aliphatic rings. The molecule has 0 atom stereocenters. The van der Waals surface area contributed by atoms with Gasteiger partial charge in [-0.3, -0.25) is 0 Å². The van der Waals surface area contributed by atoms with Crippen LogP contribution in [0, 0.1) is 0 Å². The van der Waals surface area contributed by atoms with Crippen molar-refractivity contribution in [1.29, 1.82) is 0 Å². The average molecular weight is 529 g/mol. The van der Waals surface area contributed by atoms with E-state index < -0.39 is 0 Å². The van der Waals surface area contributed by atoms with Crippen LogP contribution < -0.4 is 9.80 Å². The summed E-state index contributed by atoms with van der Waals surface area (Å²) in [5.41, 5.74) is 9.98. The number of para-hydroxylation sites is 3. The molecule has 7 aromatic rings. The lowest BCUT2D eigenvalue weighted by Crippen LogP contribution is -2.25. The first-order valence-corrected chi connectivity index (χ1v) is 14.6. The van der Waals surface area contributed by atoms with Crippen LogP contribution in [0.5, 0.6) is 0 Å². The van der Waals surface area contributed by atoms with Crippen LogP contribution in [0.25, 0.3) is 37.0 Å². The summed E-state index contributed by atoms with van der Waals surface area (Å²) in [6.07, 6.45) is 5.50. The highest BCUT2D eigenvalue weighted by molar-refractivity contribution is 7.26. The van der Waals surface area contributed by atoms with Crippen LogP contribution in [0.1, 0.15) is 11.1 Å². The molecule has 2 nitrogen and oxygen atoms in total. The van der Waals surface area contributed by atoms with Gasteiger partial charge in [0.15, 0.2) is 0 Å². The van der Waals surface area contributed by atoms with Gasteiger partial charge >= 0.3 is 0 Å². The Morgan fingerprint density at radius 3 is 2.20 bits per heavy atom. The predicted octanol–water partition coefficient (Wildman–Crippen LogP) is 11.0. The minimum atomic E-state index is 0.906. The predicted molar refractivity (Wildman–Crippen MR) is 172 cm³/mol. The zero-order valence-electron chi connectivity index (χ0n) is 21.7. The summed E-state index contributed by atoms with van der Waals surface area (Å²) in [6.45, 7) is 0. The lowest BCUT2D eigenvalue weighted by molar-refractivity contribution is 1.14. The van der Waals surface area contributed by atoms with Crippen LogP contribution in [-0.2, 0) is 6.42 Å². The molecular weight excluding hydrogens is 504 g/mol. The maximum absolute atomic E-state index is 2.52. The second-order valence-corrected chi connectivity index (χ2v) is 11.6. The van der Waals surface area contributed by atoms with E-state index in [1.54, 1.807) is 0 Å². The summed E-state index contributed by atoms with van der Waals surface area (Å²) in [5, 5.41) is 5.29. The summed E-state index contributed by atoms with van der Waals surface area (Å²) >= 11 is 1.89. The summed E-state index contributed by atoms with van der Waals surface area (Å²) < 4.78 is 2.64. The number of rotatable bonds is 2. The van der Waals surface area contributed by atoms with Gasteiger partial charge in [-0.15, -0.1) is 11.3 Å². The molecule has 0 bridgehead atoms. The van der Waals surface area contributed by atoms with E-state index in [1.165, 1.54) is 76.2 Å². The molecule has 1 aliphatic heterocycles. The molecule has 2 heterocycles. The highest BCUT2D eigenvalue weighted by atomic mass is 32.1. The van der Waals surface area contributed by atoms with Gasteiger partial charge in [-0.2, -0.15) is 0 Å². The van der Waals surface area contributed by atoms with E-state index in [-0.39, 0.29) is 0 Å². The van der Waals surface area contributed by atoms with Crippen LogP contribution >= 0.6 is 11.3 Å². The molecule has 0 unspecified atom stereocenters. The topological polar surface area (TPSA) is 6.48 Å². The molecular formula is C37H24N2S. The Morgan fingerprint density at radius 1 is 0.575 bits per heavy atom. The standard InChI is InChI=1S/C37H24N2S/c1-2-14-26(15-3-1)38-30-19-5-6-20-31(30)39(32-21-10-17-28-27-16-4-7-22-34(27)40-37(28)32)33-23-25-13-8-11-24-12-9-18-29(35(24)25)36(33)38/h1-17,19-23H,18H2. The van der Waals surface area contributed by atoms with Crippen molar-refractivity contribution in [2.75, 3.05) is 9.80 Å². The van der Waals surface area contributed by atoms with E-state index in [1.807, 2.05) is 11.3 Å². The van der Waals surface area contributed by atoms with Crippen molar-refractivity contribution in [3.05, 3.63) is 139 Å². The maximum Gasteiger partial charge on any atom is 0.0745 e. The van der Waals surface area contributed by atoms with Crippen LogP contribution in [0.3, 0.4) is 0 Å². The van der Waals surface area contributed by atoms with Gasteiger partial charge in [0.1, 0.15) is 0 Å². The van der Waals surface area contributed by atoms with Gasteiger partial charge in [0.25, 0.3) is 0 Å². The number of fused-ring (bicyclic) bond motifs is 6. The van der Waals surface area contributed by atoms with Gasteiger partial charge in [0.2, 0.25) is 0 Å². The zero-order valence-corrected chi connectivity index (χ0v) is 22.5. The first kappa shape index (κ1) is 22.0. The fraction of sp³-hybridized carbons (Fsp3) is 0.0270. The lowest BCUT2D eigenvalue weighted by Gasteiger charge is -2.42. The van der Waals surface area contributed by atoms with Crippen LogP contribution in [0.4, 0.5) is 34.1 Å². The quantitative estimate of drug-likeness (QED) is 0.220. The van der Waals surface area contributed by atoms with Gasteiger partial charge in [-0.25, -0.2) is 0 Å². The molecule has 3 heteroatoms. The van der Waals surface area contributed by atoms with Crippen LogP contribution in [0.2, 0.25) is 0 Å². The van der Waals surface area contributed by atoms with E-state index in [4.69, 9.17) is 0 Å². The Bertz CT molecular complexity index is 2160. The molecule has 40 heavy (non-hydrogen) atoms. The van der Waals surface area contributed by atoms with Gasteiger partial charge < -0.3 is 9.80 Å². The Morgan fingerprint density at radius 2 is 1.30 bits per heavy atom. The second-order valence-electron chi connectivity index (χ2n) is 10.5. The molecule has 0 saturated carbocycles. The lowest BCUT2D eigenvalue weighted by atomic mass is 9.88. The van der Waals surface area contributed by atoms with E-state index in [9.17, 15) is 0 Å². The molecule has 0 spiro atoms. The van der Waals surface area contributed by atoms with E-state index in [2.05, 4.69) is 143 Å². The number of nitrogens with zero attached hydrogens (tertiary/aromatic N) is 2. The molecule has 1 aliphatic carbocycles. The number of thiophene rings is 1. The van der Waals surface area contributed by atoms with Crippen molar-refractivity contribution in [2.45, 2.75) is 6.42 Å². The molecule has 0 saturated heterocycles. The van der Waals surface area contributed by atoms with Crippen molar-refractivity contribution in [3.63, 3.8) is 0 Å². The van der Waals surface area contributed by atoms with Gasteiger partial charge in [-0.1, -0.05) is 91.0 Å². The second kappa shape index (κ2) is 8.32. The molecule has 1 aromatic heterocycles. The number of benzene rings is 6. The Balaban J connectivity index is 1.44. The number of allylic oxidation sites excluding steroid dienone is 1. The molecule has 0 N–H and O–H groups in total. The smallest absolute Gasteiger partial charge is 0.0745 e. The summed E-state index contributed by atoms with van der Waals surface area (Å²) in [4.78, 5) is 5.00. The van der Waals surface area contributed by atoms with Crippen LogP contribution in [-0.4, -0.2) is 0 Å². The molecule has 0 fully saturated rings. The SMILES string of the molecule is C1=Cc2cccc3cc4c(c(c23)C1)N(c1ccccc1)c1ccccc1N4c1cccc2c1sc1ccccc12. The summed E-state index contributed by atoms with van der Waals surface area (Å²) in [6, 6.07) is 44.4. The summed E-state index contributed by atoms with van der Waals surface area (Å²) in [5.74, 6) is 0. The van der Waals surface area contributed by atoms with Crippen molar-refractivity contribution < 1.29 is 0 Å². The zero-order chi connectivity index (χ0) is 26.2. The van der Waals surface area contributed by atoms with Crippen molar-refractivity contribution in [2.24, 2.45) is 0 Å². The minimum absolute atomic E-state index is 0.906. The van der Waals surface area contributed by atoms with Crippen molar-refractivity contribution >= 4 is 82.5 Å². The van der Waals surface area contributed by atoms with E-state index in [0.717, 1.165) is 6.42 Å². The summed E-state index contributed by atoms with van der Waals surface area (Å²) in [7, 11) is 0. The van der Waals surface area contributed by atoms with E-state index >= 15 is 0 Å². The first-order chi connectivity index (χ1) is 19.9. The van der Waals surface area contributed by atoms with Gasteiger partial charge in [0.05, 0.1) is 33.1 Å². The third-order valence-electron chi connectivity index (χ3n) is 8.34. The Hall–Kier alpha value is -4.86. The monoisotopic (exact) mass is 528 g/mol. The van der Waals surface area contributed by atoms with Gasteiger partial charge in [-0.05, 0) is 70.8 Å². The molecule has 0 radical (unpaired) electrons. The third-order valence-corrected chi connectivity index (χ3v) is 9.55. The normalized spacial score (nSPS) is 13.7. The molecule has 0 amide bonds. The fourth-order valence-electron chi connectivity index (χ4n) is 6.71. The Kier molecular flexibility index (Phi) is 4.58. The number of hydrogen-bond acceptors (Lipinski definition) is 3. The van der Waals surface area contributed by atoms with Gasteiger partial charge in [0, 0.05) is 21.2 Å². The number of anilines is 6. The highest BCUT2D eigenvalue weighted by Crippen LogP contribution is 2.58. The van der Waals surface area contributed by atoms with Crippen molar-refractivity contribution in [1.82, 2.24) is 0 Å².